The number of alkyl halides is 1. The largest absolute Gasteiger partial charge is 0.342 e. The lowest BCUT2D eigenvalue weighted by Crippen LogP contribution is -2.47. The highest BCUT2D eigenvalue weighted by atomic mass is 79.9. The van der Waals surface area contributed by atoms with Crippen LogP contribution in [0.4, 0.5) is 0 Å². The molecule has 0 aliphatic carbocycles. The summed E-state index contributed by atoms with van der Waals surface area (Å²) in [7, 11) is 0. The zero-order chi connectivity index (χ0) is 9.91. The van der Waals surface area contributed by atoms with Gasteiger partial charge in [0.15, 0.2) is 6.29 Å². The molecule has 0 amide bonds. The molecule has 2 fully saturated rings. The van der Waals surface area contributed by atoms with Crippen molar-refractivity contribution < 1.29 is 9.47 Å². The molecule has 3 atom stereocenters. The highest BCUT2D eigenvalue weighted by Gasteiger charge is 2.60. The Morgan fingerprint density at radius 1 is 1.08 bits per heavy atom. The molecule has 2 heterocycles. The van der Waals surface area contributed by atoms with Gasteiger partial charge in [-0.15, -0.1) is 0 Å². The molecule has 76 valence electrons. The molecule has 0 aromatic heterocycles. The number of halogens is 1. The molecule has 3 heteroatoms. The highest BCUT2D eigenvalue weighted by molar-refractivity contribution is 9.10. The molecular formula is C10H17BrO2. The van der Waals surface area contributed by atoms with Crippen molar-refractivity contribution in [2.24, 2.45) is 0 Å². The third-order valence-corrected chi connectivity index (χ3v) is 4.40. The van der Waals surface area contributed by atoms with Crippen LogP contribution in [0.3, 0.4) is 0 Å². The molecule has 2 nitrogen and oxygen atoms in total. The zero-order valence-electron chi connectivity index (χ0n) is 8.69. The molecule has 0 unspecified atom stereocenters. The molecule has 2 aliphatic heterocycles. The first-order chi connectivity index (χ1) is 5.77. The quantitative estimate of drug-likeness (QED) is 0.614. The molecule has 13 heavy (non-hydrogen) atoms. The summed E-state index contributed by atoms with van der Waals surface area (Å²) in [6, 6.07) is 0. The fraction of sp³-hybridized carbons (Fsp3) is 1.00. The Morgan fingerprint density at radius 3 is 2.23 bits per heavy atom. The fourth-order valence-electron chi connectivity index (χ4n) is 2.00. The SMILES string of the molecule is CC1(C)O[C@H]2O[C@]1(C)CC[C@@]2(C)Br. The van der Waals surface area contributed by atoms with Crippen LogP contribution in [-0.4, -0.2) is 21.8 Å². The van der Waals surface area contributed by atoms with Crippen LogP contribution in [-0.2, 0) is 9.47 Å². The van der Waals surface area contributed by atoms with Gasteiger partial charge in [0.2, 0.25) is 0 Å². The van der Waals surface area contributed by atoms with Gasteiger partial charge in [-0.2, -0.15) is 0 Å². The van der Waals surface area contributed by atoms with Crippen molar-refractivity contribution in [2.45, 2.75) is 62.4 Å². The van der Waals surface area contributed by atoms with Gasteiger partial charge in [0, 0.05) is 0 Å². The lowest BCUT2D eigenvalue weighted by Gasteiger charge is -2.39. The van der Waals surface area contributed by atoms with Gasteiger partial charge in [-0.05, 0) is 40.5 Å². The third-order valence-electron chi connectivity index (χ3n) is 3.62. The number of hydrogen-bond acceptors (Lipinski definition) is 2. The van der Waals surface area contributed by atoms with Crippen molar-refractivity contribution in [3.05, 3.63) is 0 Å². The predicted molar refractivity (Wildman–Crippen MR) is 55.0 cm³/mol. The molecule has 0 saturated carbocycles. The third kappa shape index (κ3) is 1.28. The van der Waals surface area contributed by atoms with Gasteiger partial charge >= 0.3 is 0 Å². The van der Waals surface area contributed by atoms with Crippen LogP contribution in [0.25, 0.3) is 0 Å². The maximum Gasteiger partial charge on any atom is 0.174 e. The van der Waals surface area contributed by atoms with Crippen molar-refractivity contribution in [1.82, 2.24) is 0 Å². The Morgan fingerprint density at radius 2 is 1.69 bits per heavy atom. The van der Waals surface area contributed by atoms with Crippen molar-refractivity contribution in [1.29, 1.82) is 0 Å². The van der Waals surface area contributed by atoms with Gasteiger partial charge in [0.1, 0.15) is 0 Å². The van der Waals surface area contributed by atoms with E-state index in [0.29, 0.717) is 0 Å². The van der Waals surface area contributed by atoms with Crippen LogP contribution in [0, 0.1) is 0 Å². The summed E-state index contributed by atoms with van der Waals surface area (Å²) in [5, 5.41) is 0. The maximum atomic E-state index is 5.95. The van der Waals surface area contributed by atoms with E-state index >= 15 is 0 Å². The van der Waals surface area contributed by atoms with E-state index in [4.69, 9.17) is 9.47 Å². The topological polar surface area (TPSA) is 18.5 Å². The minimum Gasteiger partial charge on any atom is -0.342 e. The first-order valence-corrected chi connectivity index (χ1v) is 5.61. The molecule has 0 aromatic carbocycles. The summed E-state index contributed by atoms with van der Waals surface area (Å²) in [5.41, 5.74) is -0.270. The fourth-order valence-corrected chi connectivity index (χ4v) is 2.39. The first kappa shape index (κ1) is 9.94. The lowest BCUT2D eigenvalue weighted by molar-refractivity contribution is -0.130. The second kappa shape index (κ2) is 2.50. The van der Waals surface area contributed by atoms with Gasteiger partial charge in [0.25, 0.3) is 0 Å². The Hall–Kier alpha value is 0.400. The molecule has 0 radical (unpaired) electrons. The number of fused-ring (bicyclic) bond motifs is 2. The minimum atomic E-state index is -0.163. The van der Waals surface area contributed by atoms with Crippen LogP contribution in [0.5, 0.6) is 0 Å². The number of ether oxygens (including phenoxy) is 2. The standard InChI is InChI=1S/C10H17BrO2/c1-8(2)10(4)6-5-9(3,11)7(12-8)13-10/h7H,5-6H2,1-4H3/t7-,9+,10+/m0/s1. The van der Waals surface area contributed by atoms with Gasteiger partial charge in [-0.25, -0.2) is 0 Å². The van der Waals surface area contributed by atoms with Gasteiger partial charge in [-0.1, -0.05) is 15.9 Å². The average molecular weight is 249 g/mol. The molecule has 0 spiro atoms. The minimum absolute atomic E-state index is 0.0136. The second-order valence-corrected chi connectivity index (χ2v) is 6.90. The van der Waals surface area contributed by atoms with Crippen LogP contribution in [0.1, 0.15) is 40.5 Å². The molecule has 2 bridgehead atoms. The summed E-state index contributed by atoms with van der Waals surface area (Å²) < 4.78 is 11.9. The molecule has 0 N–H and O–H groups in total. The molecule has 2 aliphatic rings. The number of rotatable bonds is 0. The predicted octanol–water partition coefficient (Wildman–Crippen LogP) is 2.84. The van der Waals surface area contributed by atoms with Crippen molar-refractivity contribution in [2.75, 3.05) is 0 Å². The van der Waals surface area contributed by atoms with E-state index in [0.717, 1.165) is 12.8 Å². The van der Waals surface area contributed by atoms with E-state index in [1.165, 1.54) is 0 Å². The smallest absolute Gasteiger partial charge is 0.174 e. The highest BCUT2D eigenvalue weighted by Crippen LogP contribution is 2.52. The Balaban J connectivity index is 2.31. The Bertz CT molecular complexity index is 235. The Labute approximate surface area is 88.1 Å². The maximum absolute atomic E-state index is 5.95. The van der Waals surface area contributed by atoms with Crippen LogP contribution < -0.4 is 0 Å². The summed E-state index contributed by atoms with van der Waals surface area (Å²) in [6.07, 6.45) is 2.07. The average Bonchev–Trinajstić information content (AvgIpc) is 2.17. The summed E-state index contributed by atoms with van der Waals surface area (Å²) in [5.74, 6) is 0. The van der Waals surface area contributed by atoms with E-state index in [1.54, 1.807) is 0 Å². The van der Waals surface area contributed by atoms with E-state index in [-0.39, 0.29) is 21.8 Å². The van der Waals surface area contributed by atoms with Crippen LogP contribution in [0.15, 0.2) is 0 Å². The van der Waals surface area contributed by atoms with Gasteiger partial charge < -0.3 is 9.47 Å². The monoisotopic (exact) mass is 248 g/mol. The van der Waals surface area contributed by atoms with E-state index in [2.05, 4.69) is 43.6 Å². The van der Waals surface area contributed by atoms with Gasteiger partial charge in [0.05, 0.1) is 15.5 Å². The van der Waals surface area contributed by atoms with E-state index < -0.39 is 0 Å². The van der Waals surface area contributed by atoms with Gasteiger partial charge in [-0.3, -0.25) is 0 Å². The van der Waals surface area contributed by atoms with E-state index in [9.17, 15) is 0 Å². The molecule has 2 saturated heterocycles. The second-order valence-electron chi connectivity index (χ2n) is 5.09. The molecule has 0 aromatic rings. The summed E-state index contributed by atoms with van der Waals surface area (Å²) in [6.45, 7) is 8.51. The van der Waals surface area contributed by atoms with Crippen molar-refractivity contribution in [3.63, 3.8) is 0 Å². The molecule has 2 rings (SSSR count). The zero-order valence-corrected chi connectivity index (χ0v) is 10.3. The van der Waals surface area contributed by atoms with Crippen LogP contribution >= 0.6 is 15.9 Å². The van der Waals surface area contributed by atoms with E-state index in [1.807, 2.05) is 0 Å². The van der Waals surface area contributed by atoms with Crippen LogP contribution in [0.2, 0.25) is 0 Å². The number of hydrogen-bond donors (Lipinski definition) is 0. The first-order valence-electron chi connectivity index (χ1n) is 4.81. The lowest BCUT2D eigenvalue weighted by atomic mass is 9.81. The van der Waals surface area contributed by atoms with Crippen molar-refractivity contribution in [3.8, 4) is 0 Å². The van der Waals surface area contributed by atoms with Crippen molar-refractivity contribution >= 4 is 15.9 Å². The molecular weight excluding hydrogens is 232 g/mol. The Kier molecular flexibility index (Phi) is 1.91. The normalized spacial score (nSPS) is 53.8. The summed E-state index contributed by atoms with van der Waals surface area (Å²) in [4.78, 5) is 0. The summed E-state index contributed by atoms with van der Waals surface area (Å²) >= 11 is 3.67.